The topological polar surface area (TPSA) is 54.6 Å². The van der Waals surface area contributed by atoms with Gasteiger partial charge in [0, 0.05) is 0 Å². The number of hydrogen-bond acceptors (Lipinski definition) is 4. The molecule has 0 aliphatic rings. The van der Waals surface area contributed by atoms with Crippen LogP contribution in [0.2, 0.25) is 0 Å². The normalized spacial score (nSPS) is 12.3. The fraction of sp³-hybridized carbons (Fsp3) is 0.286. The van der Waals surface area contributed by atoms with Crippen LogP contribution < -0.4 is 10.1 Å². The van der Waals surface area contributed by atoms with Gasteiger partial charge in [-0.1, -0.05) is 12.1 Å². The second-order valence-electron chi connectivity index (χ2n) is 3.97. The highest BCUT2D eigenvalue weighted by atomic mass is 16.5. The molecule has 0 aliphatic heterocycles. The van der Waals surface area contributed by atoms with Crippen LogP contribution in [0.3, 0.4) is 0 Å². The maximum Gasteiger partial charge on any atom is 0.119 e. The molecule has 4 heteroatoms. The molecule has 0 radical (unpaired) electrons. The molecule has 0 amide bonds. The lowest BCUT2D eigenvalue weighted by Crippen LogP contribution is -2.23. The average Bonchev–Trinajstić information content (AvgIpc) is 2.93. The quantitative estimate of drug-likeness (QED) is 0.821. The van der Waals surface area contributed by atoms with Crippen molar-refractivity contribution in [1.29, 1.82) is 0 Å². The molecule has 0 fully saturated rings. The molecule has 1 heterocycles. The minimum Gasteiger partial charge on any atom is -0.497 e. The van der Waals surface area contributed by atoms with Crippen molar-refractivity contribution >= 4 is 0 Å². The molecule has 1 aromatic heterocycles. The number of aliphatic hydroxyl groups is 1. The van der Waals surface area contributed by atoms with Gasteiger partial charge in [0.1, 0.15) is 11.5 Å². The van der Waals surface area contributed by atoms with Crippen LogP contribution in [-0.4, -0.2) is 18.8 Å². The van der Waals surface area contributed by atoms with Gasteiger partial charge < -0.3 is 19.6 Å². The van der Waals surface area contributed by atoms with Gasteiger partial charge in [0.25, 0.3) is 0 Å². The minimum atomic E-state index is -0.134. The van der Waals surface area contributed by atoms with Crippen LogP contribution in [0.25, 0.3) is 0 Å². The zero-order valence-electron chi connectivity index (χ0n) is 10.3. The summed E-state index contributed by atoms with van der Waals surface area (Å²) in [4.78, 5) is 0. The summed E-state index contributed by atoms with van der Waals surface area (Å²) in [6.07, 6.45) is 1.64. The summed E-state index contributed by atoms with van der Waals surface area (Å²) < 4.78 is 10.4. The van der Waals surface area contributed by atoms with Crippen LogP contribution in [-0.2, 0) is 6.54 Å². The summed E-state index contributed by atoms with van der Waals surface area (Å²) in [5.74, 6) is 1.63. The van der Waals surface area contributed by atoms with Crippen LogP contribution in [0, 0.1) is 0 Å². The first-order valence-corrected chi connectivity index (χ1v) is 5.84. The Morgan fingerprint density at radius 1 is 1.33 bits per heavy atom. The van der Waals surface area contributed by atoms with E-state index in [4.69, 9.17) is 9.15 Å². The fourth-order valence-electron chi connectivity index (χ4n) is 1.78. The monoisotopic (exact) mass is 247 g/mol. The highest BCUT2D eigenvalue weighted by molar-refractivity contribution is 5.30. The Hall–Kier alpha value is -1.78. The molecule has 1 unspecified atom stereocenters. The van der Waals surface area contributed by atoms with Crippen molar-refractivity contribution in [1.82, 2.24) is 5.32 Å². The van der Waals surface area contributed by atoms with Crippen molar-refractivity contribution in [2.45, 2.75) is 12.6 Å². The Morgan fingerprint density at radius 2 is 2.22 bits per heavy atom. The predicted molar refractivity (Wildman–Crippen MR) is 68.4 cm³/mol. The third kappa shape index (κ3) is 3.12. The third-order valence-electron chi connectivity index (χ3n) is 2.78. The Morgan fingerprint density at radius 3 is 2.89 bits per heavy atom. The standard InChI is InChI=1S/C14H17NO3/c1-17-12-5-2-4-11(8-12)14(10-16)15-9-13-6-3-7-18-13/h2-8,14-16H,9-10H2,1H3. The first kappa shape index (κ1) is 12.7. The van der Waals surface area contributed by atoms with E-state index in [1.807, 2.05) is 36.4 Å². The molecule has 0 bridgehead atoms. The summed E-state index contributed by atoms with van der Waals surface area (Å²) in [6, 6.07) is 11.3. The van der Waals surface area contributed by atoms with Gasteiger partial charge in [0.05, 0.1) is 32.6 Å². The van der Waals surface area contributed by atoms with Gasteiger partial charge in [-0.05, 0) is 29.8 Å². The molecule has 96 valence electrons. The molecular formula is C14H17NO3. The summed E-state index contributed by atoms with van der Waals surface area (Å²) in [5.41, 5.74) is 0.989. The summed E-state index contributed by atoms with van der Waals surface area (Å²) >= 11 is 0. The number of benzene rings is 1. The van der Waals surface area contributed by atoms with Crippen LogP contribution in [0.5, 0.6) is 5.75 Å². The van der Waals surface area contributed by atoms with Gasteiger partial charge in [-0.15, -0.1) is 0 Å². The van der Waals surface area contributed by atoms with Crippen molar-refractivity contribution in [2.24, 2.45) is 0 Å². The molecule has 1 aromatic carbocycles. The zero-order chi connectivity index (χ0) is 12.8. The molecule has 4 nitrogen and oxygen atoms in total. The van der Waals surface area contributed by atoms with E-state index >= 15 is 0 Å². The molecule has 0 aliphatic carbocycles. The number of aliphatic hydroxyl groups excluding tert-OH is 1. The van der Waals surface area contributed by atoms with Crippen LogP contribution >= 0.6 is 0 Å². The number of methoxy groups -OCH3 is 1. The van der Waals surface area contributed by atoms with Gasteiger partial charge in [-0.25, -0.2) is 0 Å². The molecular weight excluding hydrogens is 230 g/mol. The fourth-order valence-corrected chi connectivity index (χ4v) is 1.78. The Labute approximate surface area is 106 Å². The number of rotatable bonds is 6. The van der Waals surface area contributed by atoms with E-state index in [1.165, 1.54) is 0 Å². The van der Waals surface area contributed by atoms with Crippen molar-refractivity contribution in [3.05, 3.63) is 54.0 Å². The van der Waals surface area contributed by atoms with E-state index in [0.29, 0.717) is 6.54 Å². The number of ether oxygens (including phenoxy) is 1. The first-order valence-electron chi connectivity index (χ1n) is 5.84. The lowest BCUT2D eigenvalue weighted by Gasteiger charge is -2.16. The molecule has 0 saturated heterocycles. The lowest BCUT2D eigenvalue weighted by atomic mass is 10.1. The highest BCUT2D eigenvalue weighted by Crippen LogP contribution is 2.19. The molecule has 1 atom stereocenters. The van der Waals surface area contributed by atoms with Crippen molar-refractivity contribution in [2.75, 3.05) is 13.7 Å². The highest BCUT2D eigenvalue weighted by Gasteiger charge is 2.11. The van der Waals surface area contributed by atoms with E-state index < -0.39 is 0 Å². The lowest BCUT2D eigenvalue weighted by molar-refractivity contribution is 0.240. The second kappa shape index (κ2) is 6.23. The van der Waals surface area contributed by atoms with Crippen LogP contribution in [0.4, 0.5) is 0 Å². The van der Waals surface area contributed by atoms with Gasteiger partial charge in [0.15, 0.2) is 0 Å². The Balaban J connectivity index is 2.03. The van der Waals surface area contributed by atoms with Gasteiger partial charge >= 0.3 is 0 Å². The maximum atomic E-state index is 9.44. The Bertz CT molecular complexity index is 468. The van der Waals surface area contributed by atoms with Crippen LogP contribution in [0.15, 0.2) is 47.1 Å². The minimum absolute atomic E-state index is 0.0217. The maximum absolute atomic E-state index is 9.44. The molecule has 2 N–H and O–H groups in total. The average molecular weight is 247 g/mol. The van der Waals surface area contributed by atoms with Crippen molar-refractivity contribution in [3.8, 4) is 5.75 Å². The van der Waals surface area contributed by atoms with Crippen LogP contribution in [0.1, 0.15) is 17.4 Å². The van der Waals surface area contributed by atoms with E-state index in [1.54, 1.807) is 13.4 Å². The number of furan rings is 1. The van der Waals surface area contributed by atoms with E-state index in [2.05, 4.69) is 5.32 Å². The van der Waals surface area contributed by atoms with Gasteiger partial charge in [-0.2, -0.15) is 0 Å². The number of nitrogens with one attached hydrogen (secondary N) is 1. The van der Waals surface area contributed by atoms with Crippen molar-refractivity contribution in [3.63, 3.8) is 0 Å². The molecule has 2 rings (SSSR count). The molecule has 18 heavy (non-hydrogen) atoms. The van der Waals surface area contributed by atoms with Gasteiger partial charge in [0.2, 0.25) is 0 Å². The molecule has 0 spiro atoms. The number of hydrogen-bond donors (Lipinski definition) is 2. The van der Waals surface area contributed by atoms with Crippen molar-refractivity contribution < 1.29 is 14.3 Å². The largest absolute Gasteiger partial charge is 0.497 e. The van der Waals surface area contributed by atoms with E-state index in [0.717, 1.165) is 17.1 Å². The first-order chi connectivity index (χ1) is 8.83. The second-order valence-corrected chi connectivity index (χ2v) is 3.97. The molecule has 0 saturated carbocycles. The van der Waals surface area contributed by atoms with E-state index in [9.17, 15) is 5.11 Å². The SMILES string of the molecule is COc1cccc(C(CO)NCc2ccco2)c1. The van der Waals surface area contributed by atoms with Gasteiger partial charge in [-0.3, -0.25) is 0 Å². The predicted octanol–water partition coefficient (Wildman–Crippen LogP) is 2.11. The summed E-state index contributed by atoms with van der Waals surface area (Å²) in [7, 11) is 1.63. The Kier molecular flexibility index (Phi) is 4.39. The van der Waals surface area contributed by atoms with E-state index in [-0.39, 0.29) is 12.6 Å². The summed E-state index contributed by atoms with van der Waals surface area (Å²) in [6.45, 7) is 0.601. The zero-order valence-corrected chi connectivity index (χ0v) is 10.3. The summed E-state index contributed by atoms with van der Waals surface area (Å²) in [5, 5.41) is 12.7. The third-order valence-corrected chi connectivity index (χ3v) is 2.78. The molecule has 2 aromatic rings. The smallest absolute Gasteiger partial charge is 0.119 e.